The van der Waals surface area contributed by atoms with Crippen LogP contribution in [0.15, 0.2) is 0 Å². The van der Waals surface area contributed by atoms with Gasteiger partial charge in [0, 0.05) is 0 Å². The van der Waals surface area contributed by atoms with Crippen LogP contribution in [-0.4, -0.2) is 29.7 Å². The van der Waals surface area contributed by atoms with E-state index in [1.807, 2.05) is 0 Å². The molecule has 0 aliphatic heterocycles. The minimum Gasteiger partial charge on any atom is -1.00 e. The molecule has 52 valence electrons. The van der Waals surface area contributed by atoms with Gasteiger partial charge >= 0.3 is 41.9 Å². The summed E-state index contributed by atoms with van der Waals surface area (Å²) in [5, 5.41) is 9.78. The van der Waals surface area contributed by atoms with E-state index in [0.29, 0.717) is 0 Å². The molecule has 0 aliphatic rings. The second-order valence-electron chi connectivity index (χ2n) is 1.62. The van der Waals surface area contributed by atoms with Gasteiger partial charge in [-0.2, -0.15) is 6.42 Å². The van der Waals surface area contributed by atoms with Crippen molar-refractivity contribution in [3.8, 4) is 0 Å². The molecule has 0 spiro atoms. The van der Waals surface area contributed by atoms with Crippen LogP contribution in [0.25, 0.3) is 0 Å². The molecule has 0 aliphatic carbocycles. The van der Waals surface area contributed by atoms with Gasteiger partial charge in [0.2, 0.25) is 0 Å². The van der Waals surface area contributed by atoms with Crippen LogP contribution in [0.2, 0.25) is 0 Å². The minimum atomic E-state index is 0. The Bertz CT molecular complexity index is 36.9. The number of hydrogen-bond acceptors (Lipinski definition) is 1. The van der Waals surface area contributed by atoms with E-state index in [9.17, 15) is 5.11 Å². The van der Waals surface area contributed by atoms with E-state index < -0.39 is 0 Å². The van der Waals surface area contributed by atoms with Crippen molar-refractivity contribution >= 4 is 23.1 Å². The predicted molar refractivity (Wildman–Crippen MR) is 34.4 cm³/mol. The predicted octanol–water partition coefficient (Wildman–Crippen LogP) is -5.63. The Kier molecular flexibility index (Phi) is 50.7. The Morgan fingerprint density at radius 2 is 1.60 bits per heavy atom. The maximum Gasteiger partial charge on any atom is 2.00 e. The number of hydrogen-bond donors (Lipinski definition) is 0. The molecule has 1 nitrogen and oxygen atoms in total. The van der Waals surface area contributed by atoms with Crippen LogP contribution in [0.5, 0.6) is 0 Å². The molecule has 0 rings (SSSR count). The molecule has 0 heterocycles. The molecule has 0 aromatic heterocycles. The largest absolute Gasteiger partial charge is 2.00 e. The molecule has 0 atom stereocenters. The Balaban J connectivity index is -0.0000000600. The van der Waals surface area contributed by atoms with Gasteiger partial charge in [0.15, 0.2) is 0 Å². The van der Waals surface area contributed by atoms with Gasteiger partial charge in [0.25, 0.3) is 0 Å². The molecule has 0 amide bonds. The molecule has 10 heavy (non-hydrogen) atoms. The van der Waals surface area contributed by atoms with Crippen LogP contribution in [-0.2, 0) is 0 Å². The third kappa shape index (κ3) is 22.6. The standard InChI is InChI=1S/C6H12O.BrH.Li.Mg/c1-2-3-4-5-6-7;;;/h1-6H2;1H;;/q-2;;+1;+2/p-1. The average Bonchev–Trinajstić information content (AvgIpc) is 1.69. The summed E-state index contributed by atoms with van der Waals surface area (Å²) in [6, 6.07) is 0. The molecule has 0 aromatic rings. The second kappa shape index (κ2) is 22.4. The average molecular weight is 211 g/mol. The van der Waals surface area contributed by atoms with Crippen LogP contribution >= 0.6 is 0 Å². The van der Waals surface area contributed by atoms with Crippen LogP contribution in [0.1, 0.15) is 25.7 Å². The van der Waals surface area contributed by atoms with Crippen molar-refractivity contribution in [2.24, 2.45) is 0 Å². The summed E-state index contributed by atoms with van der Waals surface area (Å²) in [6.07, 6.45) is 3.98. The molecule has 0 aromatic carbocycles. The fraction of sp³-hybridized carbons (Fsp3) is 0.833. The zero-order chi connectivity index (χ0) is 5.54. The minimum absolute atomic E-state index is 0. The number of rotatable bonds is 4. The summed E-state index contributed by atoms with van der Waals surface area (Å²) in [5.41, 5.74) is 0. The molecule has 4 heteroatoms. The number of unbranched alkanes of at least 4 members (excludes halogenated alkanes) is 3. The van der Waals surface area contributed by atoms with Crippen LogP contribution in [0.4, 0.5) is 0 Å². The van der Waals surface area contributed by atoms with Gasteiger partial charge in [-0.05, 0) is 0 Å². The SMILES string of the molecule is [Br-].[CH2-]CCCCC[O-].[Li+].[Mg+2]. The van der Waals surface area contributed by atoms with E-state index >= 15 is 0 Å². The zero-order valence-corrected chi connectivity index (χ0v) is 9.74. The van der Waals surface area contributed by atoms with Crippen LogP contribution in [0, 0.1) is 6.92 Å². The summed E-state index contributed by atoms with van der Waals surface area (Å²) in [4.78, 5) is 0. The molecule has 0 unspecified atom stereocenters. The van der Waals surface area contributed by atoms with E-state index in [0.717, 1.165) is 25.7 Å². The van der Waals surface area contributed by atoms with Crippen molar-refractivity contribution in [3.05, 3.63) is 6.92 Å². The van der Waals surface area contributed by atoms with Crippen LogP contribution in [0.3, 0.4) is 0 Å². The third-order valence-corrected chi connectivity index (χ3v) is 0.894. The fourth-order valence-corrected chi connectivity index (χ4v) is 0.456. The third-order valence-electron chi connectivity index (χ3n) is 0.894. The van der Waals surface area contributed by atoms with Crippen molar-refractivity contribution in [1.29, 1.82) is 0 Å². The Morgan fingerprint density at radius 1 is 1.10 bits per heavy atom. The maximum absolute atomic E-state index is 9.78. The van der Waals surface area contributed by atoms with Crippen LogP contribution < -0.4 is 40.9 Å². The second-order valence-corrected chi connectivity index (χ2v) is 1.62. The van der Waals surface area contributed by atoms with Crippen molar-refractivity contribution in [2.75, 3.05) is 6.61 Å². The van der Waals surface area contributed by atoms with Gasteiger partial charge in [-0.25, -0.2) is 0 Å². The van der Waals surface area contributed by atoms with E-state index in [-0.39, 0.29) is 65.5 Å². The normalized spacial score (nSPS) is 6.60. The van der Waals surface area contributed by atoms with E-state index in [2.05, 4.69) is 6.92 Å². The summed E-state index contributed by atoms with van der Waals surface area (Å²) in [5.74, 6) is 0. The molecule has 0 fully saturated rings. The van der Waals surface area contributed by atoms with Crippen molar-refractivity contribution in [2.45, 2.75) is 25.7 Å². The summed E-state index contributed by atoms with van der Waals surface area (Å²) in [7, 11) is 0. The topological polar surface area (TPSA) is 23.1 Å². The quantitative estimate of drug-likeness (QED) is 0.258. The van der Waals surface area contributed by atoms with Gasteiger partial charge in [-0.15, -0.1) is 6.61 Å². The van der Waals surface area contributed by atoms with E-state index in [4.69, 9.17) is 0 Å². The molecule has 0 saturated heterocycles. The van der Waals surface area contributed by atoms with Crippen molar-refractivity contribution in [1.82, 2.24) is 0 Å². The fourth-order valence-electron chi connectivity index (χ4n) is 0.456. The molecular formula is C6H12BrLiMgO. The molecule has 0 N–H and O–H groups in total. The molecule has 0 bridgehead atoms. The van der Waals surface area contributed by atoms with Crippen molar-refractivity contribution < 1.29 is 40.9 Å². The molecular weight excluding hydrogens is 199 g/mol. The first-order valence-electron chi connectivity index (χ1n) is 2.79. The summed E-state index contributed by atoms with van der Waals surface area (Å²) < 4.78 is 0. The van der Waals surface area contributed by atoms with Gasteiger partial charge in [0.1, 0.15) is 0 Å². The Labute approximate surface area is 102 Å². The maximum atomic E-state index is 9.78. The van der Waals surface area contributed by atoms with Crippen molar-refractivity contribution in [3.63, 3.8) is 0 Å². The Hall–Kier alpha value is 1.80. The van der Waals surface area contributed by atoms with E-state index in [1.165, 1.54) is 0 Å². The summed E-state index contributed by atoms with van der Waals surface area (Å²) >= 11 is 0. The van der Waals surface area contributed by atoms with E-state index in [1.54, 1.807) is 0 Å². The monoisotopic (exact) mass is 210 g/mol. The molecule has 0 saturated carbocycles. The van der Waals surface area contributed by atoms with Gasteiger partial charge in [0.05, 0.1) is 0 Å². The zero-order valence-electron chi connectivity index (χ0n) is 6.74. The number of halogens is 1. The van der Waals surface area contributed by atoms with Gasteiger partial charge < -0.3 is 29.0 Å². The first-order chi connectivity index (χ1) is 3.41. The smallest absolute Gasteiger partial charge is 1.00 e. The first kappa shape index (κ1) is 22.6. The summed E-state index contributed by atoms with van der Waals surface area (Å²) in [6.45, 7) is 3.74. The van der Waals surface area contributed by atoms with Gasteiger partial charge in [-0.3, -0.25) is 0 Å². The molecule has 0 radical (unpaired) electrons. The van der Waals surface area contributed by atoms with Gasteiger partial charge in [-0.1, -0.05) is 19.3 Å². The first-order valence-corrected chi connectivity index (χ1v) is 2.79. The Morgan fingerprint density at radius 3 is 1.90 bits per heavy atom.